The molecule has 0 radical (unpaired) electrons. The van der Waals surface area contributed by atoms with Gasteiger partial charge in [0.1, 0.15) is 0 Å². The maximum atomic E-state index is 6.07. The molecule has 4 heterocycles. The van der Waals surface area contributed by atoms with Crippen LogP contribution >= 0.6 is 0 Å². The number of ether oxygens (including phenoxy) is 1. The van der Waals surface area contributed by atoms with Gasteiger partial charge in [-0.3, -0.25) is 4.90 Å². The van der Waals surface area contributed by atoms with Crippen LogP contribution < -0.4 is 15.0 Å². The largest absolute Gasteiger partial charge is 0.477 e. The number of nitrogens with one attached hydrogen (secondary N) is 1. The molecule has 0 spiro atoms. The molecule has 3 fully saturated rings. The molecule has 7 nitrogen and oxygen atoms in total. The van der Waals surface area contributed by atoms with Gasteiger partial charge in [0, 0.05) is 56.9 Å². The molecule has 174 valence electrons. The highest BCUT2D eigenvalue weighted by molar-refractivity contribution is 5.88. The third kappa shape index (κ3) is 4.84. The zero-order chi connectivity index (χ0) is 22.0. The second-order valence-corrected chi connectivity index (χ2v) is 9.93. The van der Waals surface area contributed by atoms with Crippen LogP contribution in [0.25, 0.3) is 11.0 Å². The fraction of sp³-hybridized carbons (Fsp3) is 0.538. The number of anilines is 1. The molecular weight excluding hydrogens is 414 g/mol. The van der Waals surface area contributed by atoms with Gasteiger partial charge in [-0.1, -0.05) is 23.4 Å². The first-order chi connectivity index (χ1) is 16.3. The molecule has 3 aliphatic rings. The number of piperazine rings is 1. The van der Waals surface area contributed by atoms with Crippen molar-refractivity contribution in [3.63, 3.8) is 0 Å². The summed E-state index contributed by atoms with van der Waals surface area (Å²) >= 11 is 0. The molecule has 1 N–H and O–H groups in total. The Kier molecular flexibility index (Phi) is 5.91. The zero-order valence-electron chi connectivity index (χ0n) is 19.2. The van der Waals surface area contributed by atoms with Crippen molar-refractivity contribution < 1.29 is 9.26 Å². The molecule has 1 saturated carbocycles. The van der Waals surface area contributed by atoms with Crippen LogP contribution in [0.15, 0.2) is 47.1 Å². The van der Waals surface area contributed by atoms with E-state index in [2.05, 4.69) is 43.5 Å². The molecule has 2 atom stereocenters. The Hall–Kier alpha value is -2.64. The van der Waals surface area contributed by atoms with Crippen molar-refractivity contribution in [2.75, 3.05) is 44.2 Å². The van der Waals surface area contributed by atoms with E-state index in [-0.39, 0.29) is 0 Å². The van der Waals surface area contributed by atoms with Gasteiger partial charge in [0.05, 0.1) is 12.0 Å². The van der Waals surface area contributed by atoms with E-state index in [0.29, 0.717) is 12.0 Å². The second kappa shape index (κ2) is 9.31. The lowest BCUT2D eigenvalue weighted by molar-refractivity contribution is 0.0717. The van der Waals surface area contributed by atoms with E-state index >= 15 is 0 Å². The summed E-state index contributed by atoms with van der Waals surface area (Å²) in [6, 6.07) is 12.9. The lowest BCUT2D eigenvalue weighted by Crippen LogP contribution is -2.57. The van der Waals surface area contributed by atoms with Crippen LogP contribution in [0.3, 0.4) is 0 Å². The van der Waals surface area contributed by atoms with Crippen LogP contribution in [-0.4, -0.2) is 60.4 Å². The van der Waals surface area contributed by atoms with Gasteiger partial charge in [-0.05, 0) is 55.8 Å². The molecule has 7 heteroatoms. The third-order valence-corrected chi connectivity index (χ3v) is 7.39. The number of pyridine rings is 1. The van der Waals surface area contributed by atoms with E-state index in [9.17, 15) is 0 Å². The molecule has 2 aromatic heterocycles. The minimum absolute atomic E-state index is 0.558. The topological polar surface area (TPSA) is 66.7 Å². The van der Waals surface area contributed by atoms with E-state index in [0.717, 1.165) is 74.5 Å². The molecule has 0 amide bonds. The van der Waals surface area contributed by atoms with E-state index in [1.54, 1.807) is 0 Å². The maximum absolute atomic E-state index is 6.07. The minimum atomic E-state index is 0.558. The number of hydrogen-bond acceptors (Lipinski definition) is 7. The quantitative estimate of drug-likeness (QED) is 0.565. The van der Waals surface area contributed by atoms with Crippen molar-refractivity contribution in [3.8, 4) is 5.88 Å². The van der Waals surface area contributed by atoms with Crippen molar-refractivity contribution in [2.24, 2.45) is 11.8 Å². The van der Waals surface area contributed by atoms with Gasteiger partial charge < -0.3 is 19.5 Å². The summed E-state index contributed by atoms with van der Waals surface area (Å²) in [5, 5.41) is 9.00. The van der Waals surface area contributed by atoms with Crippen LogP contribution in [0.1, 0.15) is 31.2 Å². The smallest absolute Gasteiger partial charge is 0.213 e. The number of piperidine rings is 1. The SMILES string of the molecule is c1ccc2c(N3CCN4CC(COc5ccc(CNCC6CC6)cn5)CC[C@H]4C3)noc2c1. The summed E-state index contributed by atoms with van der Waals surface area (Å²) in [5.74, 6) is 3.20. The fourth-order valence-electron chi connectivity index (χ4n) is 5.23. The molecule has 33 heavy (non-hydrogen) atoms. The van der Waals surface area contributed by atoms with Gasteiger partial charge in [0.25, 0.3) is 0 Å². The number of aromatic nitrogens is 2. The lowest BCUT2D eigenvalue weighted by atomic mass is 9.91. The molecule has 1 aliphatic carbocycles. The summed E-state index contributed by atoms with van der Waals surface area (Å²) in [6.45, 7) is 6.92. The number of benzene rings is 1. The number of hydrogen-bond donors (Lipinski definition) is 1. The van der Waals surface area contributed by atoms with Gasteiger partial charge in [-0.2, -0.15) is 0 Å². The predicted octanol–water partition coefficient (Wildman–Crippen LogP) is 3.70. The Labute approximate surface area is 195 Å². The van der Waals surface area contributed by atoms with Crippen LogP contribution in [0.5, 0.6) is 5.88 Å². The molecule has 1 aromatic carbocycles. The second-order valence-electron chi connectivity index (χ2n) is 9.93. The van der Waals surface area contributed by atoms with Crippen LogP contribution in [-0.2, 0) is 6.54 Å². The molecule has 2 aliphatic heterocycles. The van der Waals surface area contributed by atoms with E-state index < -0.39 is 0 Å². The summed E-state index contributed by atoms with van der Waals surface area (Å²) in [5.41, 5.74) is 2.09. The van der Waals surface area contributed by atoms with E-state index in [1.807, 2.05) is 24.4 Å². The monoisotopic (exact) mass is 447 g/mol. The Balaban J connectivity index is 0.978. The van der Waals surface area contributed by atoms with Gasteiger partial charge in [0.2, 0.25) is 5.88 Å². The number of fused-ring (bicyclic) bond motifs is 2. The number of nitrogens with zero attached hydrogens (tertiary/aromatic N) is 4. The van der Waals surface area contributed by atoms with E-state index in [1.165, 1.54) is 31.2 Å². The lowest BCUT2D eigenvalue weighted by Gasteiger charge is -2.46. The van der Waals surface area contributed by atoms with Crippen LogP contribution in [0, 0.1) is 11.8 Å². The van der Waals surface area contributed by atoms with Crippen molar-refractivity contribution in [2.45, 2.75) is 38.3 Å². The van der Waals surface area contributed by atoms with Crippen molar-refractivity contribution >= 4 is 16.8 Å². The Morgan fingerprint density at radius 1 is 1.00 bits per heavy atom. The summed E-state index contributed by atoms with van der Waals surface area (Å²) in [4.78, 5) is 9.56. The predicted molar refractivity (Wildman–Crippen MR) is 128 cm³/mol. The molecular formula is C26H33N5O2. The van der Waals surface area contributed by atoms with Crippen LogP contribution in [0.2, 0.25) is 0 Å². The van der Waals surface area contributed by atoms with Crippen molar-refractivity contribution in [3.05, 3.63) is 48.2 Å². The standard InChI is InChI=1S/C26H33N5O2/c1-2-4-24-23(3-1)26(29-33-24)31-12-11-30-16-21(7-9-22(30)17-31)18-32-25-10-8-20(15-28-25)14-27-13-19-5-6-19/h1-4,8,10,15,19,21-22,27H,5-7,9,11-14,16-18H2/t21?,22-/m0/s1. The first-order valence-electron chi connectivity index (χ1n) is 12.4. The third-order valence-electron chi connectivity index (χ3n) is 7.39. The molecule has 3 aromatic rings. The summed E-state index contributed by atoms with van der Waals surface area (Å²) in [7, 11) is 0. The number of para-hydroxylation sites is 1. The van der Waals surface area contributed by atoms with Gasteiger partial charge >= 0.3 is 0 Å². The Bertz CT molecular complexity index is 1060. The maximum Gasteiger partial charge on any atom is 0.213 e. The van der Waals surface area contributed by atoms with Gasteiger partial charge in [-0.25, -0.2) is 4.98 Å². The number of rotatable bonds is 8. The average Bonchev–Trinajstić information content (AvgIpc) is 3.59. The summed E-state index contributed by atoms with van der Waals surface area (Å²) < 4.78 is 11.6. The van der Waals surface area contributed by atoms with Crippen molar-refractivity contribution in [1.82, 2.24) is 20.4 Å². The van der Waals surface area contributed by atoms with Gasteiger partial charge in [0.15, 0.2) is 11.4 Å². The molecule has 2 saturated heterocycles. The van der Waals surface area contributed by atoms with Crippen molar-refractivity contribution in [1.29, 1.82) is 0 Å². The zero-order valence-corrected chi connectivity index (χ0v) is 19.2. The molecule has 6 rings (SSSR count). The highest BCUT2D eigenvalue weighted by Crippen LogP contribution is 2.31. The highest BCUT2D eigenvalue weighted by atomic mass is 16.5. The molecule has 1 unspecified atom stereocenters. The first kappa shape index (κ1) is 20.9. The van der Waals surface area contributed by atoms with E-state index in [4.69, 9.17) is 9.26 Å². The minimum Gasteiger partial charge on any atom is -0.477 e. The Morgan fingerprint density at radius 2 is 1.91 bits per heavy atom. The average molecular weight is 448 g/mol. The first-order valence-corrected chi connectivity index (χ1v) is 12.4. The molecule has 0 bridgehead atoms. The highest BCUT2D eigenvalue weighted by Gasteiger charge is 2.34. The fourth-order valence-corrected chi connectivity index (χ4v) is 5.23. The normalized spacial score (nSPS) is 23.6. The summed E-state index contributed by atoms with van der Waals surface area (Å²) in [6.07, 6.45) is 7.10. The van der Waals surface area contributed by atoms with Crippen LogP contribution in [0.4, 0.5) is 5.82 Å². The van der Waals surface area contributed by atoms with Gasteiger partial charge in [-0.15, -0.1) is 0 Å². The Morgan fingerprint density at radius 3 is 2.79 bits per heavy atom.